The van der Waals surface area contributed by atoms with Gasteiger partial charge in [-0.3, -0.25) is 9.69 Å². The summed E-state index contributed by atoms with van der Waals surface area (Å²) in [6.07, 6.45) is 5.29. The third kappa shape index (κ3) is 6.03. The number of hydrogen-bond donors (Lipinski definition) is 2. The Morgan fingerprint density at radius 3 is 2.44 bits per heavy atom. The summed E-state index contributed by atoms with van der Waals surface area (Å²) >= 11 is 1.75. The summed E-state index contributed by atoms with van der Waals surface area (Å²) in [5.41, 5.74) is 3.44. The summed E-state index contributed by atoms with van der Waals surface area (Å²) in [4.78, 5) is 14.8. The number of benzene rings is 2. The van der Waals surface area contributed by atoms with E-state index >= 15 is 0 Å². The molecule has 2 aliphatic rings. The molecule has 5 rings (SSSR count). The number of nitrogens with zero attached hydrogens (tertiary/aromatic N) is 2. The standard InChI is InChI=1S/C27H33FN4OS.2ClH/c1-27(2)26(33)30-25(34-27)9-5-8-23(31-16-14-29-15-17-31)22-18-32(20-12-10-19(28)11-13-20)24-7-4-3-6-21(22)24;;/h3-4,6-7,10-13,18,23,25,29H,5,8-9,14-17H2,1-2H3,(H,30,33);2*1H. The molecule has 2 N–H and O–H groups in total. The lowest BCUT2D eigenvalue weighted by Gasteiger charge is -2.35. The lowest BCUT2D eigenvalue weighted by molar-refractivity contribution is -0.122. The van der Waals surface area contributed by atoms with Gasteiger partial charge in [-0.05, 0) is 69.0 Å². The van der Waals surface area contributed by atoms with Gasteiger partial charge in [0.25, 0.3) is 0 Å². The van der Waals surface area contributed by atoms with Crippen LogP contribution in [0.1, 0.15) is 44.7 Å². The summed E-state index contributed by atoms with van der Waals surface area (Å²) < 4.78 is 15.4. The molecule has 1 amide bonds. The van der Waals surface area contributed by atoms with E-state index in [-0.39, 0.29) is 46.7 Å². The zero-order valence-electron chi connectivity index (χ0n) is 20.7. The molecule has 0 bridgehead atoms. The van der Waals surface area contributed by atoms with Crippen molar-refractivity contribution >= 4 is 53.4 Å². The van der Waals surface area contributed by atoms with Gasteiger partial charge in [-0.1, -0.05) is 18.2 Å². The molecular weight excluding hydrogens is 518 g/mol. The van der Waals surface area contributed by atoms with Gasteiger partial charge < -0.3 is 15.2 Å². The summed E-state index contributed by atoms with van der Waals surface area (Å²) in [5, 5.41) is 8.08. The molecule has 0 aliphatic carbocycles. The maximum atomic E-state index is 13.6. The quantitative estimate of drug-likeness (QED) is 0.394. The smallest absolute Gasteiger partial charge is 0.236 e. The first-order valence-electron chi connectivity index (χ1n) is 12.2. The Kier molecular flexibility index (Phi) is 9.74. The Morgan fingerprint density at radius 2 is 1.78 bits per heavy atom. The predicted octanol–water partition coefficient (Wildman–Crippen LogP) is 5.70. The highest BCUT2D eigenvalue weighted by molar-refractivity contribution is 8.02. The van der Waals surface area contributed by atoms with Crippen LogP contribution in [-0.2, 0) is 4.79 Å². The fourth-order valence-corrected chi connectivity index (χ4v) is 6.53. The number of amides is 1. The Balaban J connectivity index is 0.00000180. The summed E-state index contributed by atoms with van der Waals surface area (Å²) in [6, 6.07) is 15.5. The van der Waals surface area contributed by atoms with Crippen molar-refractivity contribution in [1.29, 1.82) is 0 Å². The number of rotatable bonds is 7. The Labute approximate surface area is 229 Å². The number of aromatic nitrogens is 1. The number of hydrogen-bond acceptors (Lipinski definition) is 4. The van der Waals surface area contributed by atoms with Crippen LogP contribution in [0, 0.1) is 5.82 Å². The largest absolute Gasteiger partial charge is 0.343 e. The average Bonchev–Trinajstić information content (AvgIpc) is 3.34. The summed E-state index contributed by atoms with van der Waals surface area (Å²) in [6.45, 7) is 8.03. The van der Waals surface area contributed by atoms with Crippen LogP contribution in [0.3, 0.4) is 0 Å². The third-order valence-electron chi connectivity index (χ3n) is 7.02. The molecule has 9 heteroatoms. The molecular formula is C27H35Cl2FN4OS. The highest BCUT2D eigenvalue weighted by Gasteiger charge is 2.39. The molecule has 0 saturated carbocycles. The number of fused-ring (bicyclic) bond motifs is 1. The number of carbonyl (C=O) groups is 1. The lowest BCUT2D eigenvalue weighted by atomic mass is 9.98. The topological polar surface area (TPSA) is 49.3 Å². The van der Waals surface area contributed by atoms with E-state index in [4.69, 9.17) is 0 Å². The number of carbonyl (C=O) groups excluding carboxylic acids is 1. The highest BCUT2D eigenvalue weighted by Crippen LogP contribution is 2.38. The van der Waals surface area contributed by atoms with Gasteiger partial charge in [-0.25, -0.2) is 4.39 Å². The van der Waals surface area contributed by atoms with Crippen molar-refractivity contribution in [2.75, 3.05) is 26.2 Å². The van der Waals surface area contributed by atoms with E-state index in [0.717, 1.165) is 56.6 Å². The van der Waals surface area contributed by atoms with E-state index in [9.17, 15) is 9.18 Å². The van der Waals surface area contributed by atoms with Gasteiger partial charge in [0.2, 0.25) is 5.91 Å². The zero-order valence-corrected chi connectivity index (χ0v) is 23.2. The number of halogens is 3. The molecule has 2 aromatic carbocycles. The molecule has 1 aromatic heterocycles. The first-order chi connectivity index (χ1) is 16.4. The van der Waals surface area contributed by atoms with E-state index in [1.165, 1.54) is 23.1 Å². The maximum Gasteiger partial charge on any atom is 0.236 e. The highest BCUT2D eigenvalue weighted by atomic mass is 35.5. The first kappa shape index (κ1) is 28.8. The van der Waals surface area contributed by atoms with Crippen LogP contribution in [0.5, 0.6) is 0 Å². The fraction of sp³-hybridized carbons (Fsp3) is 0.444. The van der Waals surface area contributed by atoms with Crippen LogP contribution >= 0.6 is 36.6 Å². The molecule has 2 fully saturated rings. The van der Waals surface area contributed by atoms with Gasteiger partial charge in [0.15, 0.2) is 0 Å². The minimum atomic E-state index is -0.342. The summed E-state index contributed by atoms with van der Waals surface area (Å²) in [5.74, 6) is -0.0808. The molecule has 0 spiro atoms. The molecule has 5 nitrogen and oxygen atoms in total. The molecule has 0 radical (unpaired) electrons. The van der Waals surface area contributed by atoms with Crippen molar-refractivity contribution in [3.8, 4) is 5.69 Å². The molecule has 2 saturated heterocycles. The Hall–Kier alpha value is -1.77. The summed E-state index contributed by atoms with van der Waals surface area (Å²) in [7, 11) is 0. The Morgan fingerprint density at radius 1 is 1.08 bits per heavy atom. The van der Waals surface area contributed by atoms with Crippen LogP contribution in [0.15, 0.2) is 54.7 Å². The van der Waals surface area contributed by atoms with E-state index < -0.39 is 0 Å². The van der Waals surface area contributed by atoms with Crippen LogP contribution in [0.4, 0.5) is 4.39 Å². The van der Waals surface area contributed by atoms with Gasteiger partial charge in [-0.2, -0.15) is 0 Å². The van der Waals surface area contributed by atoms with Crippen LogP contribution in [0.25, 0.3) is 16.6 Å². The van der Waals surface area contributed by atoms with Gasteiger partial charge in [0, 0.05) is 49.5 Å². The number of piperazine rings is 1. The van der Waals surface area contributed by atoms with Crippen LogP contribution < -0.4 is 10.6 Å². The third-order valence-corrected chi connectivity index (χ3v) is 8.43. The van der Waals surface area contributed by atoms with Crippen molar-refractivity contribution in [2.45, 2.75) is 49.3 Å². The molecule has 2 unspecified atom stereocenters. The van der Waals surface area contributed by atoms with Crippen LogP contribution in [0.2, 0.25) is 0 Å². The van der Waals surface area contributed by atoms with Crippen molar-refractivity contribution in [1.82, 2.24) is 20.1 Å². The maximum absolute atomic E-state index is 13.6. The second-order valence-corrected chi connectivity index (χ2v) is 11.6. The number of thioether (sulfide) groups is 1. The van der Waals surface area contributed by atoms with Crippen molar-refractivity contribution in [3.63, 3.8) is 0 Å². The van der Waals surface area contributed by atoms with E-state index in [0.29, 0.717) is 6.04 Å². The van der Waals surface area contributed by atoms with Crippen molar-refractivity contribution < 1.29 is 9.18 Å². The van der Waals surface area contributed by atoms with Crippen molar-refractivity contribution in [3.05, 3.63) is 66.1 Å². The van der Waals surface area contributed by atoms with Crippen molar-refractivity contribution in [2.24, 2.45) is 0 Å². The second-order valence-electron chi connectivity index (χ2n) is 9.77. The van der Waals surface area contributed by atoms with Gasteiger partial charge in [-0.15, -0.1) is 36.6 Å². The SMILES string of the molecule is CC1(C)SC(CCCC(c2cn(-c3ccc(F)cc3)c3ccccc23)N2CCNCC2)NC1=O.Cl.Cl. The number of nitrogens with one attached hydrogen (secondary N) is 2. The van der Waals surface area contributed by atoms with E-state index in [1.807, 2.05) is 26.0 Å². The molecule has 196 valence electrons. The number of para-hydroxylation sites is 1. The molecule has 3 heterocycles. The Bertz CT molecular complexity index is 1160. The monoisotopic (exact) mass is 552 g/mol. The first-order valence-corrected chi connectivity index (χ1v) is 13.1. The van der Waals surface area contributed by atoms with Gasteiger partial charge in [0.05, 0.1) is 15.6 Å². The average molecular weight is 554 g/mol. The van der Waals surface area contributed by atoms with Gasteiger partial charge in [0.1, 0.15) is 5.82 Å². The second kappa shape index (κ2) is 12.2. The minimum absolute atomic E-state index is 0. The van der Waals surface area contributed by atoms with E-state index in [2.05, 4.69) is 50.6 Å². The van der Waals surface area contributed by atoms with E-state index in [1.54, 1.807) is 11.8 Å². The minimum Gasteiger partial charge on any atom is -0.343 e. The molecule has 2 aliphatic heterocycles. The molecule has 2 atom stereocenters. The van der Waals surface area contributed by atoms with Gasteiger partial charge >= 0.3 is 0 Å². The molecule has 36 heavy (non-hydrogen) atoms. The predicted molar refractivity (Wildman–Crippen MR) is 152 cm³/mol. The normalized spacial score (nSPS) is 20.4. The molecule has 3 aromatic rings. The zero-order chi connectivity index (χ0) is 23.7. The lowest BCUT2D eigenvalue weighted by Crippen LogP contribution is -2.45. The fourth-order valence-electron chi connectivity index (χ4n) is 5.20. The van der Waals surface area contributed by atoms with Crippen LogP contribution in [-0.4, -0.2) is 51.7 Å².